The van der Waals surface area contributed by atoms with Gasteiger partial charge in [0, 0.05) is 12.8 Å². The van der Waals surface area contributed by atoms with Crippen LogP contribution in [0.5, 0.6) is 0 Å². The summed E-state index contributed by atoms with van der Waals surface area (Å²) in [6.45, 7) is -0.628. The third-order valence-electron chi connectivity index (χ3n) is 3.69. The summed E-state index contributed by atoms with van der Waals surface area (Å²) in [5.74, 6) is -6.28. The van der Waals surface area contributed by atoms with Crippen LogP contribution < -0.4 is 0 Å². The molecule has 2 fully saturated rings. The van der Waals surface area contributed by atoms with Gasteiger partial charge in [0.25, 0.3) is 0 Å². The number of hydrogen-bond donors (Lipinski definition) is 3. The van der Waals surface area contributed by atoms with Crippen LogP contribution in [0.2, 0.25) is 0 Å². The lowest BCUT2D eigenvalue weighted by Crippen LogP contribution is -2.64. The summed E-state index contributed by atoms with van der Waals surface area (Å²) in [6.07, 6.45) is -3.54. The molecule has 10 heteroatoms. The highest BCUT2D eigenvalue weighted by Gasteiger charge is 2.62. The van der Waals surface area contributed by atoms with Crippen LogP contribution in [0.25, 0.3) is 0 Å². The lowest BCUT2D eigenvalue weighted by atomic mass is 9.95. The number of carboxylic acid groups (broad SMARTS) is 3. The van der Waals surface area contributed by atoms with Crippen molar-refractivity contribution < 1.29 is 48.7 Å². The molecule has 22 heavy (non-hydrogen) atoms. The summed E-state index contributed by atoms with van der Waals surface area (Å²) in [7, 11) is 0. The Labute approximate surface area is 123 Å². The molecule has 0 radical (unpaired) electrons. The molecule has 4 atom stereocenters. The first-order valence-corrected chi connectivity index (χ1v) is 6.38. The first kappa shape index (κ1) is 16.3. The molecular formula is C12H14O10. The Kier molecular flexibility index (Phi) is 4.18. The molecule has 2 unspecified atom stereocenters. The Bertz CT molecular complexity index is 516. The minimum Gasteiger partial charge on any atom is -0.479 e. The molecular weight excluding hydrogens is 304 g/mol. The smallest absolute Gasteiger partial charge is 0.338 e. The van der Waals surface area contributed by atoms with E-state index >= 15 is 0 Å². The van der Waals surface area contributed by atoms with Gasteiger partial charge in [0.2, 0.25) is 11.9 Å². The first-order valence-electron chi connectivity index (χ1n) is 6.38. The molecule has 0 aromatic rings. The third-order valence-corrected chi connectivity index (χ3v) is 3.69. The number of hydrogen-bond acceptors (Lipinski definition) is 7. The van der Waals surface area contributed by atoms with E-state index in [9.17, 15) is 29.4 Å². The molecule has 0 amide bonds. The van der Waals surface area contributed by atoms with Crippen LogP contribution in [-0.4, -0.2) is 69.7 Å². The first-order chi connectivity index (χ1) is 10.3. The molecule has 3 N–H and O–H groups in total. The fourth-order valence-corrected chi connectivity index (χ4v) is 2.51. The third kappa shape index (κ3) is 2.56. The van der Waals surface area contributed by atoms with E-state index in [1.807, 2.05) is 0 Å². The molecule has 10 nitrogen and oxygen atoms in total. The van der Waals surface area contributed by atoms with Crippen LogP contribution in [0.4, 0.5) is 0 Å². The van der Waals surface area contributed by atoms with E-state index in [0.29, 0.717) is 0 Å². The molecule has 0 saturated carbocycles. The van der Waals surface area contributed by atoms with Gasteiger partial charge >= 0.3 is 17.9 Å². The monoisotopic (exact) mass is 318 g/mol. The van der Waals surface area contributed by atoms with Crippen molar-refractivity contribution in [2.75, 3.05) is 6.61 Å². The SMILES string of the molecule is O=CCC1(C(=O)O)CO[C@@]2(CC[C@H](C(=O)O)O2)C(C(=O)O)O1. The summed E-state index contributed by atoms with van der Waals surface area (Å²) >= 11 is 0. The summed E-state index contributed by atoms with van der Waals surface area (Å²) in [5, 5.41) is 27.4. The second-order valence-corrected chi connectivity index (χ2v) is 5.09. The highest BCUT2D eigenvalue weighted by Crippen LogP contribution is 2.42. The lowest BCUT2D eigenvalue weighted by Gasteiger charge is -2.45. The number of ether oxygens (including phenoxy) is 3. The van der Waals surface area contributed by atoms with Crippen molar-refractivity contribution in [2.24, 2.45) is 0 Å². The topological polar surface area (TPSA) is 157 Å². The molecule has 2 aliphatic rings. The van der Waals surface area contributed by atoms with Crippen LogP contribution >= 0.6 is 0 Å². The quantitative estimate of drug-likeness (QED) is 0.529. The standard InChI is InChI=1S/C12H14O10/c13-4-3-11(10(18)19)5-20-12(7(22-11)9(16)17)2-1-6(21-12)8(14)15/h4,6-7H,1-3,5H2,(H,14,15)(H,16,17)(H,18,19)/t6-,7?,11?,12-/m1/s1. The summed E-state index contributed by atoms with van der Waals surface area (Å²) in [6, 6.07) is 0. The fraction of sp³-hybridized carbons (Fsp3) is 0.667. The summed E-state index contributed by atoms with van der Waals surface area (Å²) < 4.78 is 15.6. The van der Waals surface area contributed by atoms with E-state index < -0.39 is 54.5 Å². The van der Waals surface area contributed by atoms with Gasteiger partial charge in [0.15, 0.2) is 11.7 Å². The van der Waals surface area contributed by atoms with Crippen molar-refractivity contribution in [3.05, 3.63) is 0 Å². The molecule has 0 aliphatic carbocycles. The number of aliphatic carboxylic acids is 3. The Morgan fingerprint density at radius 3 is 2.27 bits per heavy atom. The molecule has 122 valence electrons. The van der Waals surface area contributed by atoms with Crippen molar-refractivity contribution in [3.8, 4) is 0 Å². The molecule has 2 aliphatic heterocycles. The van der Waals surface area contributed by atoms with E-state index in [-0.39, 0.29) is 19.1 Å². The maximum absolute atomic E-state index is 11.4. The van der Waals surface area contributed by atoms with Crippen LogP contribution in [0.3, 0.4) is 0 Å². The number of carbonyl (C=O) groups is 4. The van der Waals surface area contributed by atoms with Crippen LogP contribution in [-0.2, 0) is 33.4 Å². The molecule has 0 aromatic heterocycles. The molecule has 2 heterocycles. The van der Waals surface area contributed by atoms with Gasteiger partial charge in [0.05, 0.1) is 6.61 Å². The summed E-state index contributed by atoms with van der Waals surface area (Å²) in [5.41, 5.74) is -2.14. The Balaban J connectivity index is 2.30. The van der Waals surface area contributed by atoms with Crippen LogP contribution in [0.15, 0.2) is 0 Å². The molecule has 2 rings (SSSR count). The molecule has 0 bridgehead atoms. The van der Waals surface area contributed by atoms with Gasteiger partial charge in [-0.3, -0.25) is 0 Å². The van der Waals surface area contributed by atoms with Crippen LogP contribution in [0.1, 0.15) is 19.3 Å². The second-order valence-electron chi connectivity index (χ2n) is 5.09. The van der Waals surface area contributed by atoms with Crippen molar-refractivity contribution in [2.45, 2.75) is 42.9 Å². The van der Waals surface area contributed by atoms with Gasteiger partial charge in [0.1, 0.15) is 6.29 Å². The van der Waals surface area contributed by atoms with E-state index in [0.717, 1.165) is 0 Å². The zero-order valence-corrected chi connectivity index (χ0v) is 11.3. The van der Waals surface area contributed by atoms with Gasteiger partial charge in [-0.15, -0.1) is 0 Å². The van der Waals surface area contributed by atoms with E-state index in [2.05, 4.69) is 0 Å². The van der Waals surface area contributed by atoms with Gasteiger partial charge in [-0.25, -0.2) is 14.4 Å². The average molecular weight is 318 g/mol. The van der Waals surface area contributed by atoms with Crippen molar-refractivity contribution in [1.29, 1.82) is 0 Å². The lowest BCUT2D eigenvalue weighted by molar-refractivity contribution is -0.344. The maximum Gasteiger partial charge on any atom is 0.338 e. The Morgan fingerprint density at radius 2 is 1.82 bits per heavy atom. The normalized spacial score (nSPS) is 37.8. The average Bonchev–Trinajstić information content (AvgIpc) is 2.86. The second kappa shape index (κ2) is 5.63. The molecule has 1 spiro atoms. The number of carboxylic acids is 3. The fourth-order valence-electron chi connectivity index (χ4n) is 2.51. The number of rotatable bonds is 5. The number of carbonyl (C=O) groups excluding carboxylic acids is 1. The van der Waals surface area contributed by atoms with Gasteiger partial charge < -0.3 is 34.3 Å². The maximum atomic E-state index is 11.4. The van der Waals surface area contributed by atoms with E-state index in [1.165, 1.54) is 0 Å². The van der Waals surface area contributed by atoms with Crippen molar-refractivity contribution in [1.82, 2.24) is 0 Å². The minimum absolute atomic E-state index is 0.00374. The Morgan fingerprint density at radius 1 is 1.14 bits per heavy atom. The number of aldehydes is 1. The van der Waals surface area contributed by atoms with Gasteiger partial charge in [-0.1, -0.05) is 0 Å². The summed E-state index contributed by atoms with van der Waals surface area (Å²) in [4.78, 5) is 44.3. The van der Waals surface area contributed by atoms with Crippen molar-refractivity contribution >= 4 is 24.2 Å². The van der Waals surface area contributed by atoms with Crippen LogP contribution in [0, 0.1) is 0 Å². The van der Waals surface area contributed by atoms with Crippen molar-refractivity contribution in [3.63, 3.8) is 0 Å². The van der Waals surface area contributed by atoms with Gasteiger partial charge in [-0.2, -0.15) is 0 Å². The zero-order chi connectivity index (χ0) is 16.5. The minimum atomic E-state index is -2.14. The molecule has 0 aromatic carbocycles. The zero-order valence-electron chi connectivity index (χ0n) is 11.3. The van der Waals surface area contributed by atoms with E-state index in [1.54, 1.807) is 0 Å². The largest absolute Gasteiger partial charge is 0.479 e. The van der Waals surface area contributed by atoms with Gasteiger partial charge in [-0.05, 0) is 6.42 Å². The highest BCUT2D eigenvalue weighted by molar-refractivity contribution is 5.83. The molecule has 2 saturated heterocycles. The highest BCUT2D eigenvalue weighted by atomic mass is 16.8. The predicted molar refractivity (Wildman–Crippen MR) is 64.0 cm³/mol. The predicted octanol–water partition coefficient (Wildman–Crippen LogP) is -1.14. The van der Waals surface area contributed by atoms with E-state index in [4.69, 9.17) is 19.3 Å². The Hall–Kier alpha value is -2.04.